The smallest absolute Gasteiger partial charge is 0.247 e. The van der Waals surface area contributed by atoms with Crippen LogP contribution in [0.15, 0.2) is 42.5 Å². The maximum absolute atomic E-state index is 13.2. The van der Waals surface area contributed by atoms with Crippen LogP contribution >= 0.6 is 12.6 Å². The van der Waals surface area contributed by atoms with E-state index in [-0.39, 0.29) is 30.6 Å². The Bertz CT molecular complexity index is 851. The molecule has 8 nitrogen and oxygen atoms in total. The van der Waals surface area contributed by atoms with E-state index in [0.717, 1.165) is 30.6 Å². The molecule has 1 fully saturated rings. The first-order chi connectivity index (χ1) is 16.5. The van der Waals surface area contributed by atoms with Crippen molar-refractivity contribution in [3.63, 3.8) is 0 Å². The molecule has 3 amide bonds. The summed E-state index contributed by atoms with van der Waals surface area (Å²) in [5.41, 5.74) is 0.844. The summed E-state index contributed by atoms with van der Waals surface area (Å²) in [6.45, 7) is 0.766. The van der Waals surface area contributed by atoms with Gasteiger partial charge in [0.2, 0.25) is 17.7 Å². The van der Waals surface area contributed by atoms with Gasteiger partial charge in [-0.2, -0.15) is 12.6 Å². The van der Waals surface area contributed by atoms with E-state index in [4.69, 9.17) is 0 Å². The number of fused-ring (bicyclic) bond motifs is 1. The van der Waals surface area contributed by atoms with Crippen LogP contribution < -0.4 is 16.0 Å². The highest BCUT2D eigenvalue weighted by Crippen LogP contribution is 2.21. The second-order valence-corrected chi connectivity index (χ2v) is 9.29. The molecule has 3 rings (SSSR count). The maximum atomic E-state index is 13.2. The Kier molecular flexibility index (Phi) is 10.4. The fraction of sp³-hybridized carbons (Fsp3) is 0.560. The first-order valence-corrected chi connectivity index (χ1v) is 12.8. The highest BCUT2D eigenvalue weighted by molar-refractivity contribution is 7.80. The van der Waals surface area contributed by atoms with E-state index in [0.29, 0.717) is 25.9 Å². The fourth-order valence-corrected chi connectivity index (χ4v) is 4.60. The summed E-state index contributed by atoms with van der Waals surface area (Å²) in [5, 5.41) is 19.7. The summed E-state index contributed by atoms with van der Waals surface area (Å²) in [6.07, 6.45) is 6.81. The number of aliphatic hydroxyl groups is 1. The van der Waals surface area contributed by atoms with Crippen molar-refractivity contribution in [1.29, 1.82) is 0 Å². The molecular formula is C25H36N4O4S. The minimum atomic E-state index is -0.945. The quantitative estimate of drug-likeness (QED) is 0.238. The number of rotatable bonds is 6. The second-order valence-electron chi connectivity index (χ2n) is 8.84. The topological polar surface area (TPSA) is 111 Å². The SMILES string of the molecule is O=C1CCCNC(O)[C@H](CCCCCS)NC(=O)[C@H]2C=CCN2C(=O)C[C@H](c2ccccc2)N1. The average Bonchev–Trinajstić information content (AvgIpc) is 3.33. The highest BCUT2D eigenvalue weighted by Gasteiger charge is 2.34. The van der Waals surface area contributed by atoms with E-state index >= 15 is 0 Å². The normalized spacial score (nSPS) is 26.9. The van der Waals surface area contributed by atoms with Crippen LogP contribution in [0.5, 0.6) is 0 Å². The van der Waals surface area contributed by atoms with Crippen LogP contribution in [-0.2, 0) is 14.4 Å². The fourth-order valence-electron chi connectivity index (χ4n) is 4.37. The minimum Gasteiger partial charge on any atom is -0.376 e. The monoisotopic (exact) mass is 488 g/mol. The maximum Gasteiger partial charge on any atom is 0.247 e. The summed E-state index contributed by atoms with van der Waals surface area (Å²) in [6, 6.07) is 7.69. The van der Waals surface area contributed by atoms with Gasteiger partial charge in [-0.3, -0.25) is 19.7 Å². The molecule has 2 aliphatic rings. The third-order valence-electron chi connectivity index (χ3n) is 6.28. The Balaban J connectivity index is 1.78. The Morgan fingerprint density at radius 1 is 1.06 bits per heavy atom. The average molecular weight is 489 g/mol. The lowest BCUT2D eigenvalue weighted by Gasteiger charge is -2.30. The van der Waals surface area contributed by atoms with Gasteiger partial charge in [-0.25, -0.2) is 0 Å². The largest absolute Gasteiger partial charge is 0.376 e. The first-order valence-electron chi connectivity index (χ1n) is 12.1. The number of hydrogen-bond donors (Lipinski definition) is 5. The van der Waals surface area contributed by atoms with Crippen LogP contribution in [0, 0.1) is 0 Å². The third kappa shape index (κ3) is 7.58. The number of unbranched alkanes of at least 4 members (excludes halogenated alkanes) is 2. The number of aliphatic hydroxyl groups excluding tert-OH is 1. The lowest BCUT2D eigenvalue weighted by molar-refractivity contribution is -0.138. The zero-order valence-electron chi connectivity index (χ0n) is 19.5. The number of carbonyl (C=O) groups excluding carboxylic acids is 3. The van der Waals surface area contributed by atoms with Crippen LogP contribution in [0.1, 0.15) is 56.6 Å². The van der Waals surface area contributed by atoms with E-state index < -0.39 is 24.4 Å². The van der Waals surface area contributed by atoms with Gasteiger partial charge in [0.05, 0.1) is 18.5 Å². The number of nitrogens with zero attached hydrogens (tertiary/aromatic N) is 1. The van der Waals surface area contributed by atoms with Crippen molar-refractivity contribution in [2.75, 3.05) is 18.8 Å². The lowest BCUT2D eigenvalue weighted by atomic mass is 10.0. The third-order valence-corrected chi connectivity index (χ3v) is 6.59. The first kappa shape index (κ1) is 26.2. The molecule has 186 valence electrons. The van der Waals surface area contributed by atoms with Gasteiger partial charge in [-0.1, -0.05) is 55.3 Å². The van der Waals surface area contributed by atoms with Gasteiger partial charge in [0.15, 0.2) is 0 Å². The molecule has 4 N–H and O–H groups in total. The second kappa shape index (κ2) is 13.5. The molecule has 0 saturated carbocycles. The molecule has 0 radical (unpaired) electrons. The molecule has 2 heterocycles. The van der Waals surface area contributed by atoms with Crippen LogP contribution in [0.3, 0.4) is 0 Å². The lowest BCUT2D eigenvalue weighted by Crippen LogP contribution is -2.55. The molecule has 2 aliphatic heterocycles. The van der Waals surface area contributed by atoms with E-state index in [1.807, 2.05) is 30.3 Å². The Labute approximate surface area is 207 Å². The van der Waals surface area contributed by atoms with Gasteiger partial charge in [0.1, 0.15) is 12.3 Å². The predicted octanol–water partition coefficient (Wildman–Crippen LogP) is 1.68. The van der Waals surface area contributed by atoms with Gasteiger partial charge in [0.25, 0.3) is 0 Å². The van der Waals surface area contributed by atoms with Crippen LogP contribution in [-0.4, -0.2) is 64.9 Å². The van der Waals surface area contributed by atoms with Crippen LogP contribution in [0.4, 0.5) is 0 Å². The van der Waals surface area contributed by atoms with E-state index in [9.17, 15) is 19.5 Å². The highest BCUT2D eigenvalue weighted by atomic mass is 32.1. The molecule has 1 aromatic carbocycles. The summed E-state index contributed by atoms with van der Waals surface area (Å²) in [7, 11) is 0. The van der Waals surface area contributed by atoms with Crippen molar-refractivity contribution in [3.8, 4) is 0 Å². The number of nitrogens with one attached hydrogen (secondary N) is 3. The van der Waals surface area contributed by atoms with Crippen molar-refractivity contribution < 1.29 is 19.5 Å². The predicted molar refractivity (Wildman–Crippen MR) is 134 cm³/mol. The van der Waals surface area contributed by atoms with Crippen molar-refractivity contribution in [2.45, 2.75) is 69.3 Å². The number of benzene rings is 1. The number of thiol groups is 1. The molecule has 9 heteroatoms. The molecule has 0 bridgehead atoms. The van der Waals surface area contributed by atoms with Gasteiger partial charge in [0, 0.05) is 13.0 Å². The number of amides is 3. The van der Waals surface area contributed by atoms with E-state index in [1.54, 1.807) is 12.2 Å². The Hall–Kier alpha value is -2.36. The molecular weight excluding hydrogens is 452 g/mol. The Morgan fingerprint density at radius 3 is 2.62 bits per heavy atom. The Morgan fingerprint density at radius 2 is 1.85 bits per heavy atom. The summed E-state index contributed by atoms with van der Waals surface area (Å²) >= 11 is 4.24. The summed E-state index contributed by atoms with van der Waals surface area (Å²) in [4.78, 5) is 40.5. The molecule has 4 atom stereocenters. The molecule has 0 aromatic heterocycles. The molecule has 1 aromatic rings. The molecule has 1 unspecified atom stereocenters. The molecule has 34 heavy (non-hydrogen) atoms. The van der Waals surface area contributed by atoms with Gasteiger partial charge >= 0.3 is 0 Å². The van der Waals surface area contributed by atoms with Crippen molar-refractivity contribution in [1.82, 2.24) is 20.9 Å². The van der Waals surface area contributed by atoms with Crippen molar-refractivity contribution in [3.05, 3.63) is 48.0 Å². The zero-order chi connectivity index (χ0) is 24.3. The molecule has 1 saturated heterocycles. The van der Waals surface area contributed by atoms with E-state index in [2.05, 4.69) is 28.6 Å². The van der Waals surface area contributed by atoms with Crippen LogP contribution in [0.25, 0.3) is 0 Å². The minimum absolute atomic E-state index is 0.0647. The standard InChI is InChI=1S/C25H36N4O4S/c30-22-13-7-14-26-24(32)19(11-5-2-6-16-34)28-25(33)21-12-8-15-29(21)23(31)17-20(27-22)18-9-3-1-4-10-18/h1,3-4,8-10,12,19-21,24,26,32,34H,2,5-7,11,13-17H2,(H,27,30)(H,28,33)/t19-,20+,21+,24?/m0/s1. The van der Waals surface area contributed by atoms with Gasteiger partial charge < -0.3 is 20.6 Å². The van der Waals surface area contributed by atoms with Gasteiger partial charge in [-0.15, -0.1) is 0 Å². The summed E-state index contributed by atoms with van der Waals surface area (Å²) in [5.74, 6) is 0.130. The number of carbonyl (C=O) groups is 3. The van der Waals surface area contributed by atoms with Crippen molar-refractivity contribution in [2.24, 2.45) is 0 Å². The number of hydrogen-bond acceptors (Lipinski definition) is 6. The van der Waals surface area contributed by atoms with Gasteiger partial charge in [-0.05, 0) is 37.1 Å². The summed E-state index contributed by atoms with van der Waals surface area (Å²) < 4.78 is 0. The van der Waals surface area contributed by atoms with Crippen LogP contribution in [0.2, 0.25) is 0 Å². The molecule has 0 aliphatic carbocycles. The van der Waals surface area contributed by atoms with E-state index in [1.165, 1.54) is 4.90 Å². The van der Waals surface area contributed by atoms with Crippen molar-refractivity contribution >= 4 is 30.4 Å². The molecule has 0 spiro atoms. The zero-order valence-corrected chi connectivity index (χ0v) is 20.4.